The predicted octanol–water partition coefficient (Wildman–Crippen LogP) is 16.7. The van der Waals surface area contributed by atoms with Crippen molar-refractivity contribution < 1.29 is 23.8 Å². The molecule has 0 N–H and O–H groups in total. The van der Waals surface area contributed by atoms with Crippen molar-refractivity contribution in [1.82, 2.24) is 0 Å². The Labute approximate surface area is 371 Å². The number of esters is 2. The molecular formula is C55H92O5. The molecule has 0 aromatic carbocycles. The zero-order chi connectivity index (χ0) is 43.5. The summed E-state index contributed by atoms with van der Waals surface area (Å²) in [6, 6.07) is 0. The fourth-order valence-corrected chi connectivity index (χ4v) is 6.42. The summed E-state index contributed by atoms with van der Waals surface area (Å²) in [6.07, 6.45) is 67.1. The topological polar surface area (TPSA) is 61.8 Å². The smallest absolute Gasteiger partial charge is 0.306 e. The van der Waals surface area contributed by atoms with Crippen molar-refractivity contribution in [2.24, 2.45) is 0 Å². The molecule has 0 radical (unpaired) electrons. The maximum absolute atomic E-state index is 12.8. The molecule has 0 saturated carbocycles. The second-order valence-corrected chi connectivity index (χ2v) is 16.0. The number of carbonyl (C=O) groups is 2. The van der Waals surface area contributed by atoms with Gasteiger partial charge in [-0.2, -0.15) is 0 Å². The van der Waals surface area contributed by atoms with Gasteiger partial charge >= 0.3 is 11.9 Å². The van der Waals surface area contributed by atoms with Gasteiger partial charge < -0.3 is 14.2 Å². The van der Waals surface area contributed by atoms with E-state index >= 15 is 0 Å². The summed E-state index contributed by atoms with van der Waals surface area (Å²) in [4.78, 5) is 25.3. The summed E-state index contributed by atoms with van der Waals surface area (Å²) < 4.78 is 17.3. The molecule has 0 amide bonds. The monoisotopic (exact) mass is 833 g/mol. The third-order valence-corrected chi connectivity index (χ3v) is 10.1. The maximum Gasteiger partial charge on any atom is 0.306 e. The summed E-state index contributed by atoms with van der Waals surface area (Å²) in [5, 5.41) is 0. The quantitative estimate of drug-likeness (QED) is 0.0348. The van der Waals surface area contributed by atoms with Crippen molar-refractivity contribution in [2.45, 2.75) is 219 Å². The average molecular weight is 833 g/mol. The van der Waals surface area contributed by atoms with Crippen LogP contribution in [-0.4, -0.2) is 37.9 Å². The van der Waals surface area contributed by atoms with Gasteiger partial charge in [0, 0.05) is 12.8 Å². The normalized spacial score (nSPS) is 13.1. The Balaban J connectivity index is 4.43. The second kappa shape index (κ2) is 50.2. The highest BCUT2D eigenvalue weighted by Crippen LogP contribution is 2.12. The molecule has 0 spiro atoms. The molecule has 5 nitrogen and oxygen atoms in total. The number of rotatable bonds is 44. The van der Waals surface area contributed by atoms with Gasteiger partial charge in [-0.25, -0.2) is 0 Å². The minimum absolute atomic E-state index is 0.0403. The first-order chi connectivity index (χ1) is 29.6. The van der Waals surface area contributed by atoms with Gasteiger partial charge in [-0.05, 0) is 109 Å². The van der Waals surface area contributed by atoms with Crippen molar-refractivity contribution in [1.29, 1.82) is 0 Å². The molecule has 0 rings (SSSR count). The van der Waals surface area contributed by atoms with Gasteiger partial charge in [-0.15, -0.1) is 0 Å². The van der Waals surface area contributed by atoms with Gasteiger partial charge in [0.15, 0.2) is 6.10 Å². The lowest BCUT2D eigenvalue weighted by Crippen LogP contribution is -2.30. The molecule has 0 bridgehead atoms. The van der Waals surface area contributed by atoms with E-state index < -0.39 is 6.10 Å². The SMILES string of the molecule is CC/C=C\C/C=C\C/C=C\C/C=C\C/C=C\CCOCC(COC(=O)CCCCCCC/C=C\C/C=C\CCCCC)OC(=O)CCCCCCC/C=C\CCCCCC. The minimum atomic E-state index is -0.590. The van der Waals surface area contributed by atoms with Crippen LogP contribution in [0, 0.1) is 0 Å². The Bertz CT molecular complexity index is 1170. The third kappa shape index (κ3) is 47.5. The molecule has 342 valence electrons. The van der Waals surface area contributed by atoms with E-state index in [4.69, 9.17) is 14.2 Å². The van der Waals surface area contributed by atoms with Crippen molar-refractivity contribution in [3.8, 4) is 0 Å². The number of carbonyl (C=O) groups excluding carboxylic acids is 2. The zero-order valence-corrected chi connectivity index (χ0v) is 39.2. The molecule has 5 heteroatoms. The highest BCUT2D eigenvalue weighted by Gasteiger charge is 2.17. The fourth-order valence-electron chi connectivity index (χ4n) is 6.42. The van der Waals surface area contributed by atoms with Gasteiger partial charge in [0.2, 0.25) is 0 Å². The molecule has 0 heterocycles. The molecule has 0 aliphatic rings. The van der Waals surface area contributed by atoms with E-state index in [0.717, 1.165) is 96.3 Å². The van der Waals surface area contributed by atoms with Crippen LogP contribution in [0.2, 0.25) is 0 Å². The summed E-state index contributed by atoms with van der Waals surface area (Å²) in [5.74, 6) is -0.468. The Hall–Kier alpha value is -3.18. The molecule has 1 unspecified atom stereocenters. The Morgan fingerprint density at radius 1 is 0.383 bits per heavy atom. The van der Waals surface area contributed by atoms with Gasteiger partial charge in [-0.1, -0.05) is 189 Å². The van der Waals surface area contributed by atoms with Crippen LogP contribution >= 0.6 is 0 Å². The van der Waals surface area contributed by atoms with Crippen LogP contribution in [0.4, 0.5) is 0 Å². The van der Waals surface area contributed by atoms with E-state index in [1.54, 1.807) is 0 Å². The van der Waals surface area contributed by atoms with E-state index in [1.165, 1.54) is 83.5 Å². The van der Waals surface area contributed by atoms with E-state index in [-0.39, 0.29) is 25.2 Å². The lowest BCUT2D eigenvalue weighted by molar-refractivity contribution is -0.162. The number of hydrogen-bond donors (Lipinski definition) is 0. The molecule has 0 aromatic rings. The lowest BCUT2D eigenvalue weighted by Gasteiger charge is -2.18. The third-order valence-electron chi connectivity index (χ3n) is 10.1. The molecule has 60 heavy (non-hydrogen) atoms. The highest BCUT2D eigenvalue weighted by atomic mass is 16.6. The van der Waals surface area contributed by atoms with Crippen LogP contribution in [0.15, 0.2) is 97.2 Å². The number of unbranched alkanes of at least 4 members (excludes halogenated alkanes) is 17. The predicted molar refractivity (Wildman–Crippen MR) is 260 cm³/mol. The zero-order valence-electron chi connectivity index (χ0n) is 39.2. The Morgan fingerprint density at radius 3 is 1.25 bits per heavy atom. The molecule has 0 aromatic heterocycles. The fraction of sp³-hybridized carbons (Fsp3) is 0.673. The molecule has 0 saturated heterocycles. The molecular weight excluding hydrogens is 741 g/mol. The average Bonchev–Trinajstić information content (AvgIpc) is 3.25. The molecule has 0 aliphatic carbocycles. The molecule has 0 aliphatic heterocycles. The first-order valence-corrected chi connectivity index (χ1v) is 24.8. The van der Waals surface area contributed by atoms with Crippen molar-refractivity contribution in [3.63, 3.8) is 0 Å². The first kappa shape index (κ1) is 56.8. The van der Waals surface area contributed by atoms with Crippen LogP contribution in [0.5, 0.6) is 0 Å². The maximum atomic E-state index is 12.8. The first-order valence-electron chi connectivity index (χ1n) is 24.8. The van der Waals surface area contributed by atoms with Gasteiger partial charge in [-0.3, -0.25) is 9.59 Å². The van der Waals surface area contributed by atoms with Crippen molar-refractivity contribution >= 4 is 11.9 Å². The minimum Gasteiger partial charge on any atom is -0.462 e. The van der Waals surface area contributed by atoms with Crippen molar-refractivity contribution in [3.05, 3.63) is 97.2 Å². The Morgan fingerprint density at radius 2 is 0.750 bits per heavy atom. The second-order valence-electron chi connectivity index (χ2n) is 16.0. The summed E-state index contributed by atoms with van der Waals surface area (Å²) in [6.45, 7) is 7.43. The highest BCUT2D eigenvalue weighted by molar-refractivity contribution is 5.70. The van der Waals surface area contributed by atoms with Crippen LogP contribution in [0.1, 0.15) is 213 Å². The van der Waals surface area contributed by atoms with E-state index in [2.05, 4.69) is 118 Å². The van der Waals surface area contributed by atoms with Crippen LogP contribution < -0.4 is 0 Å². The van der Waals surface area contributed by atoms with Gasteiger partial charge in [0.25, 0.3) is 0 Å². The molecule has 0 fully saturated rings. The lowest BCUT2D eigenvalue weighted by atomic mass is 10.1. The van der Waals surface area contributed by atoms with Crippen LogP contribution in [-0.2, 0) is 23.8 Å². The van der Waals surface area contributed by atoms with Gasteiger partial charge in [0.05, 0.1) is 13.2 Å². The van der Waals surface area contributed by atoms with E-state index in [0.29, 0.717) is 19.4 Å². The van der Waals surface area contributed by atoms with Crippen LogP contribution in [0.25, 0.3) is 0 Å². The standard InChI is InChI=1S/C55H92O5/c1-4-7-10-13-16-19-22-25-27-29-32-35-38-41-44-47-50-58-51-53(60-55(57)49-46-43-40-37-34-30-24-21-18-15-12-9-6-3)52-59-54(56)48-45-42-39-36-33-31-28-26-23-20-17-14-11-8-5-2/h7,10,16-17,19-21,24-28,32,35,41,44,53H,4-6,8-9,11-15,18,22-23,29-31,33-34,36-40,42-43,45-52H2,1-3H3/b10-7-,19-16-,20-17-,24-21-,27-25-,28-26-,35-32-,44-41-. The van der Waals surface area contributed by atoms with E-state index in [9.17, 15) is 9.59 Å². The number of allylic oxidation sites excluding steroid dienone is 15. The summed E-state index contributed by atoms with van der Waals surface area (Å²) in [5.41, 5.74) is 0. The van der Waals surface area contributed by atoms with Gasteiger partial charge in [0.1, 0.15) is 6.61 Å². The number of hydrogen-bond acceptors (Lipinski definition) is 5. The largest absolute Gasteiger partial charge is 0.462 e. The summed E-state index contributed by atoms with van der Waals surface area (Å²) >= 11 is 0. The number of ether oxygens (including phenoxy) is 3. The Kier molecular flexibility index (Phi) is 47.5. The van der Waals surface area contributed by atoms with Crippen molar-refractivity contribution in [2.75, 3.05) is 19.8 Å². The van der Waals surface area contributed by atoms with Crippen LogP contribution in [0.3, 0.4) is 0 Å². The molecule has 1 atom stereocenters. The van der Waals surface area contributed by atoms with E-state index in [1.807, 2.05) is 0 Å². The summed E-state index contributed by atoms with van der Waals surface area (Å²) in [7, 11) is 0.